The molecule has 3 aliphatic rings. The Balaban J connectivity index is 1.25. The van der Waals surface area contributed by atoms with Gasteiger partial charge >= 0.3 is 0 Å². The van der Waals surface area contributed by atoms with Crippen LogP contribution in [0, 0.1) is 0 Å². The van der Waals surface area contributed by atoms with Crippen LogP contribution in [-0.4, -0.2) is 59.2 Å². The second kappa shape index (κ2) is 9.95. The van der Waals surface area contributed by atoms with Gasteiger partial charge in [0.25, 0.3) is 17.7 Å². The molecule has 0 aliphatic carbocycles. The number of ether oxygens (including phenoxy) is 1. The molecule has 0 unspecified atom stereocenters. The third-order valence-electron chi connectivity index (χ3n) is 7.01. The van der Waals surface area contributed by atoms with E-state index < -0.39 is 23.9 Å². The smallest absolute Gasteiger partial charge is 0.264 e. The van der Waals surface area contributed by atoms with Gasteiger partial charge in [-0.1, -0.05) is 59.3 Å². The first-order chi connectivity index (χ1) is 18.9. The number of nitrogens with zero attached hydrogens (tertiary/aromatic N) is 6. The molecular formula is C28H23ClN6O4. The molecule has 0 N–H and O–H groups in total. The molecule has 1 saturated heterocycles. The maximum absolute atomic E-state index is 13.7. The van der Waals surface area contributed by atoms with Crippen molar-refractivity contribution in [3.63, 3.8) is 0 Å². The van der Waals surface area contributed by atoms with Crippen LogP contribution in [0.25, 0.3) is 0 Å². The standard InChI is InChI=1S/C28H23ClN6O4/c1-39-21-13-7-18(8-14-21)23-15-22(17-5-3-2-4-6-17)31-35(23)24(36)16-33-26-25(30-32-33)27(37)34(28(26)38)20-11-9-19(29)10-12-20/h2-14,23,25-26H,15-16H2,1H3/t23-,25+,26+/m0/s1. The van der Waals surface area contributed by atoms with Gasteiger partial charge in [-0.3, -0.25) is 19.4 Å². The van der Waals surface area contributed by atoms with Gasteiger partial charge in [-0.25, -0.2) is 9.91 Å². The summed E-state index contributed by atoms with van der Waals surface area (Å²) >= 11 is 5.96. The summed E-state index contributed by atoms with van der Waals surface area (Å²) < 4.78 is 5.28. The van der Waals surface area contributed by atoms with E-state index in [-0.39, 0.29) is 18.5 Å². The van der Waals surface area contributed by atoms with Gasteiger partial charge in [-0.15, -0.1) is 0 Å². The average molecular weight is 543 g/mol. The zero-order valence-electron chi connectivity index (χ0n) is 20.8. The highest BCUT2D eigenvalue weighted by atomic mass is 35.5. The molecule has 0 saturated carbocycles. The van der Waals surface area contributed by atoms with E-state index in [0.29, 0.717) is 22.9 Å². The van der Waals surface area contributed by atoms with Crippen molar-refractivity contribution in [1.82, 2.24) is 10.0 Å². The van der Waals surface area contributed by atoms with Crippen molar-refractivity contribution in [1.29, 1.82) is 0 Å². The number of hydrogen-bond donors (Lipinski definition) is 0. The predicted octanol–water partition coefficient (Wildman–Crippen LogP) is 4.02. The lowest BCUT2D eigenvalue weighted by Gasteiger charge is -2.25. The molecule has 3 aromatic carbocycles. The highest BCUT2D eigenvalue weighted by Gasteiger charge is 2.55. The Bertz CT molecular complexity index is 1490. The molecule has 11 heteroatoms. The summed E-state index contributed by atoms with van der Waals surface area (Å²) in [5.74, 6) is -0.650. The van der Waals surface area contributed by atoms with Crippen molar-refractivity contribution in [3.05, 3.63) is 95.0 Å². The van der Waals surface area contributed by atoms with Crippen molar-refractivity contribution in [2.45, 2.75) is 24.5 Å². The number of hydrazone groups is 1. The number of halogens is 1. The third-order valence-corrected chi connectivity index (χ3v) is 7.27. The molecule has 1 fully saturated rings. The lowest BCUT2D eigenvalue weighted by atomic mass is 9.98. The molecule has 0 aromatic heterocycles. The van der Waals surface area contributed by atoms with Crippen molar-refractivity contribution in [2.24, 2.45) is 15.4 Å². The van der Waals surface area contributed by atoms with Gasteiger partial charge in [0.2, 0.25) is 0 Å². The van der Waals surface area contributed by atoms with Crippen LogP contribution in [0.5, 0.6) is 5.75 Å². The number of rotatable bonds is 6. The molecule has 3 aliphatic heterocycles. The van der Waals surface area contributed by atoms with Gasteiger partial charge in [0.15, 0.2) is 12.1 Å². The Labute approximate surface area is 229 Å². The molecule has 0 bridgehead atoms. The summed E-state index contributed by atoms with van der Waals surface area (Å²) in [5.41, 5.74) is 2.97. The van der Waals surface area contributed by atoms with E-state index in [1.807, 2.05) is 54.6 Å². The fraction of sp³-hybridized carbons (Fsp3) is 0.214. The van der Waals surface area contributed by atoms with Crippen LogP contribution in [0.1, 0.15) is 23.6 Å². The van der Waals surface area contributed by atoms with Crippen molar-refractivity contribution in [3.8, 4) is 5.75 Å². The number of benzene rings is 3. The first kappa shape index (κ1) is 24.7. The zero-order valence-corrected chi connectivity index (χ0v) is 21.6. The minimum Gasteiger partial charge on any atom is -0.497 e. The van der Waals surface area contributed by atoms with Gasteiger partial charge in [0.1, 0.15) is 12.3 Å². The Morgan fingerprint density at radius 3 is 2.38 bits per heavy atom. The Kier molecular flexibility index (Phi) is 6.32. The lowest BCUT2D eigenvalue weighted by Crippen LogP contribution is -2.44. The minimum atomic E-state index is -1.01. The van der Waals surface area contributed by atoms with Crippen molar-refractivity contribution >= 4 is 40.7 Å². The molecule has 10 nitrogen and oxygen atoms in total. The molecule has 39 heavy (non-hydrogen) atoms. The van der Waals surface area contributed by atoms with Crippen LogP contribution in [0.3, 0.4) is 0 Å². The van der Waals surface area contributed by atoms with Crippen LogP contribution in [0.15, 0.2) is 94.3 Å². The Hall–Kier alpha value is -4.57. The SMILES string of the molecule is COc1ccc([C@@H]2CC(c3ccccc3)=NN2C(=O)CN2N=N[C@H]3C(=O)N(c4ccc(Cl)cc4)C(=O)[C@@H]32)cc1. The molecule has 3 heterocycles. The summed E-state index contributed by atoms with van der Waals surface area (Å²) in [4.78, 5) is 41.1. The second-order valence-electron chi connectivity index (χ2n) is 9.32. The average Bonchev–Trinajstić information content (AvgIpc) is 3.65. The maximum atomic E-state index is 13.7. The molecule has 3 aromatic rings. The van der Waals surface area contributed by atoms with Gasteiger partial charge in [0.05, 0.1) is 24.6 Å². The van der Waals surface area contributed by atoms with Crippen LogP contribution in [-0.2, 0) is 14.4 Å². The number of anilines is 1. The van der Waals surface area contributed by atoms with Crippen LogP contribution < -0.4 is 9.64 Å². The van der Waals surface area contributed by atoms with Crippen molar-refractivity contribution < 1.29 is 19.1 Å². The van der Waals surface area contributed by atoms with E-state index in [9.17, 15) is 14.4 Å². The van der Waals surface area contributed by atoms with Gasteiger partial charge in [0, 0.05) is 11.4 Å². The van der Waals surface area contributed by atoms with Gasteiger partial charge in [-0.05, 0) is 47.5 Å². The topological polar surface area (TPSA) is 107 Å². The predicted molar refractivity (Wildman–Crippen MR) is 143 cm³/mol. The highest BCUT2D eigenvalue weighted by Crippen LogP contribution is 2.36. The van der Waals surface area contributed by atoms with Crippen LogP contribution >= 0.6 is 11.6 Å². The van der Waals surface area contributed by atoms with E-state index >= 15 is 0 Å². The fourth-order valence-electron chi connectivity index (χ4n) is 5.04. The number of methoxy groups -OCH3 is 1. The monoisotopic (exact) mass is 542 g/mol. The molecule has 6 rings (SSSR count). The van der Waals surface area contributed by atoms with Crippen molar-refractivity contribution in [2.75, 3.05) is 18.6 Å². The number of carbonyl (C=O) groups is 3. The first-order valence-electron chi connectivity index (χ1n) is 12.3. The normalized spacial score (nSPS) is 21.9. The maximum Gasteiger partial charge on any atom is 0.264 e. The van der Waals surface area contributed by atoms with E-state index in [1.165, 1.54) is 10.0 Å². The summed E-state index contributed by atoms with van der Waals surface area (Å²) in [6.45, 7) is -0.267. The number of amides is 3. The number of hydrogen-bond acceptors (Lipinski definition) is 8. The van der Waals surface area contributed by atoms with Gasteiger partial charge in [-0.2, -0.15) is 10.2 Å². The molecule has 196 valence electrons. The summed E-state index contributed by atoms with van der Waals surface area (Å²) in [7, 11) is 1.60. The van der Waals surface area contributed by atoms with E-state index in [4.69, 9.17) is 16.3 Å². The number of carbonyl (C=O) groups excluding carboxylic acids is 3. The summed E-state index contributed by atoms with van der Waals surface area (Å²) in [6, 6.07) is 21.2. The summed E-state index contributed by atoms with van der Waals surface area (Å²) in [6.07, 6.45) is 0.511. The van der Waals surface area contributed by atoms with Crippen LogP contribution in [0.2, 0.25) is 5.02 Å². The largest absolute Gasteiger partial charge is 0.497 e. The Morgan fingerprint density at radius 2 is 1.69 bits per heavy atom. The molecule has 0 spiro atoms. The zero-order chi connectivity index (χ0) is 27.1. The quantitative estimate of drug-likeness (QED) is 0.437. The Morgan fingerprint density at radius 1 is 0.974 bits per heavy atom. The van der Waals surface area contributed by atoms with E-state index in [1.54, 1.807) is 31.4 Å². The molecule has 3 amide bonds. The lowest BCUT2D eigenvalue weighted by molar-refractivity contribution is -0.135. The first-order valence-corrected chi connectivity index (χ1v) is 12.7. The molecule has 3 atom stereocenters. The third kappa shape index (κ3) is 4.42. The fourth-order valence-corrected chi connectivity index (χ4v) is 5.17. The number of fused-ring (bicyclic) bond motifs is 1. The number of imide groups is 1. The minimum absolute atomic E-state index is 0.267. The van der Waals surface area contributed by atoms with Gasteiger partial charge < -0.3 is 4.74 Å². The van der Waals surface area contributed by atoms with E-state index in [0.717, 1.165) is 21.7 Å². The molecule has 0 radical (unpaired) electrons. The van der Waals surface area contributed by atoms with Crippen LogP contribution in [0.4, 0.5) is 5.69 Å². The molecular weight excluding hydrogens is 520 g/mol. The van der Waals surface area contributed by atoms with E-state index in [2.05, 4.69) is 15.4 Å². The second-order valence-corrected chi connectivity index (χ2v) is 9.76. The summed E-state index contributed by atoms with van der Waals surface area (Å²) in [5, 5.41) is 16.0. The highest BCUT2D eigenvalue weighted by molar-refractivity contribution is 6.31.